The van der Waals surface area contributed by atoms with Gasteiger partial charge in [-0.1, -0.05) is 78.9 Å². The number of carboxylic acid groups (broad SMARTS) is 2. The van der Waals surface area contributed by atoms with Gasteiger partial charge in [0, 0.05) is 11.1 Å². The Kier molecular flexibility index (Phi) is 12.9. The van der Waals surface area contributed by atoms with E-state index in [1.54, 1.807) is 72.8 Å². The van der Waals surface area contributed by atoms with Gasteiger partial charge in [-0.05, 0) is 133 Å². The number of carbonyl (C=O) groups is 5. The summed E-state index contributed by atoms with van der Waals surface area (Å²) < 4.78 is 11.2. The molecule has 0 aliphatic carbocycles. The van der Waals surface area contributed by atoms with Crippen LogP contribution in [0.15, 0.2) is 146 Å². The fraction of sp³-hybridized carbons (Fsp3) is 0.163. The Balaban J connectivity index is 1.28. The highest BCUT2D eigenvalue weighted by Crippen LogP contribution is 2.32. The molecule has 0 bridgehead atoms. The van der Waals surface area contributed by atoms with Crippen LogP contribution in [-0.4, -0.2) is 51.5 Å². The van der Waals surface area contributed by atoms with Gasteiger partial charge in [-0.25, -0.2) is 9.59 Å². The monoisotopic (exact) mass is 789 g/mol. The Labute approximate surface area is 342 Å². The number of aliphatic carboxylic acids is 2. The van der Waals surface area contributed by atoms with Gasteiger partial charge in [0.2, 0.25) is 0 Å². The van der Waals surface area contributed by atoms with Crippen LogP contribution in [0.5, 0.6) is 11.5 Å². The van der Waals surface area contributed by atoms with Crippen molar-refractivity contribution in [2.24, 2.45) is 0 Å². The number of benzene rings is 6. The Hall–Kier alpha value is -7.17. The molecule has 6 aromatic rings. The zero-order chi connectivity index (χ0) is 42.1. The average Bonchev–Trinajstić information content (AvgIpc) is 3.20. The van der Waals surface area contributed by atoms with Gasteiger partial charge >= 0.3 is 23.9 Å². The van der Waals surface area contributed by atoms with Crippen molar-refractivity contribution < 1.29 is 43.7 Å². The molecule has 0 saturated heterocycles. The molecule has 10 heteroatoms. The summed E-state index contributed by atoms with van der Waals surface area (Å²) in [6.07, 6.45) is 0.172. The minimum Gasteiger partial charge on any atom is -0.481 e. The molecule has 6 aromatic carbocycles. The number of esters is 2. The average molecular weight is 790 g/mol. The summed E-state index contributed by atoms with van der Waals surface area (Å²) >= 11 is 0. The molecule has 59 heavy (non-hydrogen) atoms. The van der Waals surface area contributed by atoms with Crippen LogP contribution in [0, 0.1) is 0 Å². The van der Waals surface area contributed by atoms with Crippen LogP contribution in [0.25, 0.3) is 22.3 Å². The van der Waals surface area contributed by atoms with E-state index in [9.17, 15) is 24.0 Å². The predicted octanol–water partition coefficient (Wildman–Crippen LogP) is 8.90. The second-order valence-electron chi connectivity index (χ2n) is 15.2. The zero-order valence-corrected chi connectivity index (χ0v) is 32.8. The maximum absolute atomic E-state index is 14.5. The topological polar surface area (TPSA) is 156 Å². The Morgan fingerprint density at radius 1 is 0.508 bits per heavy atom. The highest BCUT2D eigenvalue weighted by atomic mass is 16.5. The Morgan fingerprint density at radius 3 is 1.32 bits per heavy atom. The van der Waals surface area contributed by atoms with Crippen molar-refractivity contribution in [3.8, 4) is 33.8 Å². The first-order valence-electron chi connectivity index (χ1n) is 19.0. The van der Waals surface area contributed by atoms with Crippen molar-refractivity contribution in [1.82, 2.24) is 5.32 Å². The maximum Gasteiger partial charge on any atom is 0.343 e. The van der Waals surface area contributed by atoms with Crippen LogP contribution in [0.4, 0.5) is 0 Å². The maximum atomic E-state index is 14.5. The molecular weight excluding hydrogens is 747 g/mol. The number of ketones is 1. The SMILES string of the molecule is CC(C)(C)NC(Cc1ccccc1)C(=O)c1cc(-c2ccc(OC(=O)c3ccc(CC(=O)O)cc3)cc2)cc(-c2ccc(OC(=O)c3ccc(CC(=O)O)cc3)cc2)c1. The minimum atomic E-state index is -0.965. The second kappa shape index (κ2) is 18.4. The summed E-state index contributed by atoms with van der Waals surface area (Å²) in [5.74, 6) is -2.59. The molecule has 0 fully saturated rings. The van der Waals surface area contributed by atoms with E-state index in [4.69, 9.17) is 19.7 Å². The smallest absolute Gasteiger partial charge is 0.343 e. The van der Waals surface area contributed by atoms with E-state index in [1.165, 1.54) is 24.3 Å². The molecule has 3 N–H and O–H groups in total. The van der Waals surface area contributed by atoms with Crippen molar-refractivity contribution in [3.63, 3.8) is 0 Å². The van der Waals surface area contributed by atoms with Crippen LogP contribution in [0.3, 0.4) is 0 Å². The largest absolute Gasteiger partial charge is 0.481 e. The first-order chi connectivity index (χ1) is 28.2. The molecule has 0 heterocycles. The summed E-state index contributed by atoms with van der Waals surface area (Å²) in [5, 5.41) is 21.6. The lowest BCUT2D eigenvalue weighted by molar-refractivity contribution is -0.137. The number of carboxylic acids is 2. The van der Waals surface area contributed by atoms with Crippen LogP contribution >= 0.6 is 0 Å². The van der Waals surface area contributed by atoms with Gasteiger partial charge in [0.1, 0.15) is 11.5 Å². The molecule has 0 aromatic heterocycles. The fourth-order valence-electron chi connectivity index (χ4n) is 6.52. The van der Waals surface area contributed by atoms with E-state index < -0.39 is 29.9 Å². The summed E-state index contributed by atoms with van der Waals surface area (Å²) in [6, 6.07) is 41.3. The summed E-state index contributed by atoms with van der Waals surface area (Å²) in [5.41, 5.74) is 5.85. The third-order valence-corrected chi connectivity index (χ3v) is 9.31. The first kappa shape index (κ1) is 41.5. The Bertz CT molecular complexity index is 2320. The zero-order valence-electron chi connectivity index (χ0n) is 32.8. The number of rotatable bonds is 15. The van der Waals surface area contributed by atoms with E-state index >= 15 is 0 Å². The molecule has 0 spiro atoms. The molecule has 1 atom stereocenters. The number of Topliss-reactive ketones (excluding diaryl/α,β-unsaturated/α-hetero) is 1. The van der Waals surface area contributed by atoms with Crippen LogP contribution in [-0.2, 0) is 28.9 Å². The highest BCUT2D eigenvalue weighted by molar-refractivity contribution is 6.02. The normalized spacial score (nSPS) is 11.6. The third-order valence-electron chi connectivity index (χ3n) is 9.31. The standard InChI is InChI=1S/C49H43NO9/c1-49(2,3)50-43(25-31-7-5-4-6-8-31)46(55)40-29-38(34-17-21-41(22-18-34)58-47(56)36-13-9-32(10-14-36)26-44(51)52)28-39(30-40)35-19-23-42(24-20-35)59-48(57)37-15-11-33(12-16-37)27-45(53)54/h4-24,28-30,43,50H,25-27H2,1-3H3,(H,51,52)(H,53,54). The van der Waals surface area contributed by atoms with Gasteiger partial charge in [0.05, 0.1) is 30.0 Å². The lowest BCUT2D eigenvalue weighted by Gasteiger charge is -2.28. The third kappa shape index (κ3) is 11.7. The summed E-state index contributed by atoms with van der Waals surface area (Å²) in [6.45, 7) is 6.06. The molecule has 0 amide bonds. The van der Waals surface area contributed by atoms with Crippen molar-refractivity contribution in [2.45, 2.75) is 51.6 Å². The highest BCUT2D eigenvalue weighted by Gasteiger charge is 2.26. The predicted molar refractivity (Wildman–Crippen MR) is 224 cm³/mol. The first-order valence-corrected chi connectivity index (χ1v) is 19.0. The van der Waals surface area contributed by atoms with Crippen LogP contribution < -0.4 is 14.8 Å². The van der Waals surface area contributed by atoms with Gasteiger partial charge in [-0.2, -0.15) is 0 Å². The minimum absolute atomic E-state index is 0.0910. The molecule has 0 aliphatic heterocycles. The molecule has 298 valence electrons. The molecule has 10 nitrogen and oxygen atoms in total. The molecular formula is C49H43NO9. The van der Waals surface area contributed by atoms with Gasteiger partial charge in [0.25, 0.3) is 0 Å². The van der Waals surface area contributed by atoms with E-state index in [0.29, 0.717) is 34.6 Å². The van der Waals surface area contributed by atoms with Crippen molar-refractivity contribution in [2.75, 3.05) is 0 Å². The van der Waals surface area contributed by atoms with Crippen LogP contribution in [0.2, 0.25) is 0 Å². The van der Waals surface area contributed by atoms with Crippen LogP contribution in [0.1, 0.15) is 68.5 Å². The van der Waals surface area contributed by atoms with Gasteiger partial charge in [-0.15, -0.1) is 0 Å². The summed E-state index contributed by atoms with van der Waals surface area (Å²) in [4.78, 5) is 62.4. The molecule has 1 unspecified atom stereocenters. The summed E-state index contributed by atoms with van der Waals surface area (Å²) in [7, 11) is 0. The van der Waals surface area contributed by atoms with Crippen molar-refractivity contribution in [3.05, 3.63) is 179 Å². The quantitative estimate of drug-likeness (QED) is 0.0522. The molecule has 0 saturated carbocycles. The molecule has 6 rings (SSSR count). The lowest BCUT2D eigenvalue weighted by atomic mass is 9.90. The molecule has 0 radical (unpaired) electrons. The number of hydrogen-bond acceptors (Lipinski definition) is 8. The van der Waals surface area contributed by atoms with E-state index in [2.05, 4.69) is 5.32 Å². The fourth-order valence-corrected chi connectivity index (χ4v) is 6.52. The molecule has 0 aliphatic rings. The number of hydrogen-bond donors (Lipinski definition) is 3. The van der Waals surface area contributed by atoms with Crippen molar-refractivity contribution >= 4 is 29.7 Å². The van der Waals surface area contributed by atoms with E-state index in [0.717, 1.165) is 27.8 Å². The van der Waals surface area contributed by atoms with Crippen molar-refractivity contribution in [1.29, 1.82) is 0 Å². The Morgan fingerprint density at radius 2 is 0.932 bits per heavy atom. The number of nitrogens with one attached hydrogen (secondary N) is 1. The lowest BCUT2D eigenvalue weighted by Crippen LogP contribution is -2.48. The second-order valence-corrected chi connectivity index (χ2v) is 15.2. The van der Waals surface area contributed by atoms with Gasteiger partial charge < -0.3 is 25.0 Å². The number of ether oxygens (including phenoxy) is 2. The number of carbonyl (C=O) groups excluding carboxylic acids is 3. The van der Waals surface area contributed by atoms with Gasteiger partial charge in [-0.3, -0.25) is 14.4 Å². The van der Waals surface area contributed by atoms with Gasteiger partial charge in [0.15, 0.2) is 5.78 Å². The van der Waals surface area contributed by atoms with E-state index in [-0.39, 0.29) is 35.3 Å². The van der Waals surface area contributed by atoms with E-state index in [1.807, 2.05) is 69.3 Å².